The monoisotopic (exact) mass is 1790 g/mol. The first-order valence-electron chi connectivity index (χ1n) is 45.8. The van der Waals surface area contributed by atoms with Gasteiger partial charge in [0.05, 0.1) is 0 Å². The van der Waals surface area contributed by atoms with Crippen molar-refractivity contribution in [1.82, 2.24) is 74.4 Å². The molecule has 1 aromatic rings. The van der Waals surface area contributed by atoms with Gasteiger partial charge in [-0.2, -0.15) is 13.2 Å². The van der Waals surface area contributed by atoms with Gasteiger partial charge < -0.3 is 79.2 Å². The highest BCUT2D eigenvalue weighted by Gasteiger charge is 2.44. The summed E-state index contributed by atoms with van der Waals surface area (Å²) in [6.07, 6.45) is -4.42. The predicted molar refractivity (Wildman–Crippen MR) is 482 cm³/mol. The summed E-state index contributed by atoms with van der Waals surface area (Å²) >= 11 is 0. The van der Waals surface area contributed by atoms with Crippen molar-refractivity contribution in [3.8, 4) is 0 Å². The maximum atomic E-state index is 14.9. The third kappa shape index (κ3) is 47.2. The third-order valence-electron chi connectivity index (χ3n) is 20.2. The van der Waals surface area contributed by atoms with E-state index in [4.69, 9.17) is 4.74 Å². The van der Waals surface area contributed by atoms with Crippen molar-refractivity contribution in [2.75, 3.05) is 0 Å². The van der Waals surface area contributed by atoms with Crippen LogP contribution in [0, 0.1) is 82.9 Å². The Hall–Kier alpha value is -8.94. The zero-order chi connectivity index (χ0) is 96.7. The highest BCUT2D eigenvalue weighted by Crippen LogP contribution is 2.22. The van der Waals surface area contributed by atoms with Crippen LogP contribution in [0.15, 0.2) is 30.3 Å². The zero-order valence-corrected chi connectivity index (χ0v) is 80.8. The summed E-state index contributed by atoms with van der Waals surface area (Å²) in [7, 11) is 0. The second kappa shape index (κ2) is 57.1. The molecule has 0 aromatic heterocycles. The molecule has 14 amide bonds. The Morgan fingerprint density at radius 2 is 0.341 bits per heavy atom. The van der Waals surface area contributed by atoms with Gasteiger partial charge in [-0.1, -0.05) is 224 Å². The van der Waals surface area contributed by atoms with Crippen molar-refractivity contribution >= 4 is 88.7 Å². The fourth-order valence-electron chi connectivity index (χ4n) is 14.4. The number of carbonyl (C=O) groups is 15. The van der Waals surface area contributed by atoms with Gasteiger partial charge in [0.15, 0.2) is 0 Å². The Bertz CT molecular complexity index is 3570. The number of hydrogen-bond acceptors (Lipinski definition) is 16. The first kappa shape index (κ1) is 115. The molecule has 0 aliphatic carbocycles. The number of ether oxygens (including phenoxy) is 1. The molecular formula is C93H161F3N14O16. The fourth-order valence-corrected chi connectivity index (χ4v) is 14.4. The number of carbonyl (C=O) groups excluding carboxylic acids is 15. The van der Waals surface area contributed by atoms with Crippen molar-refractivity contribution in [3.05, 3.63) is 35.9 Å². The van der Waals surface area contributed by atoms with Crippen LogP contribution in [0.4, 0.5) is 13.2 Å². The maximum Gasteiger partial charge on any atom is 0.471 e. The summed E-state index contributed by atoms with van der Waals surface area (Å²) in [5, 5.41) is 38.1. The molecule has 1 aromatic carbocycles. The van der Waals surface area contributed by atoms with Crippen LogP contribution in [0.25, 0.3) is 0 Å². The minimum Gasteiger partial charge on any atom is -0.459 e. The normalized spacial score (nSPS) is 15.3. The highest BCUT2D eigenvalue weighted by atomic mass is 19.4. The van der Waals surface area contributed by atoms with E-state index in [1.165, 1.54) is 0 Å². The Morgan fingerprint density at radius 1 is 0.214 bits per heavy atom. The van der Waals surface area contributed by atoms with Gasteiger partial charge in [-0.15, -0.1) is 0 Å². The van der Waals surface area contributed by atoms with Crippen LogP contribution in [0.2, 0.25) is 0 Å². The largest absolute Gasteiger partial charge is 0.471 e. The van der Waals surface area contributed by atoms with Crippen molar-refractivity contribution in [2.24, 2.45) is 82.9 Å². The van der Waals surface area contributed by atoms with Crippen molar-refractivity contribution in [3.63, 3.8) is 0 Å². The Kier molecular flexibility index (Phi) is 52.1. The molecule has 0 heterocycles. The molecule has 0 unspecified atom stereocenters. The lowest BCUT2D eigenvalue weighted by molar-refractivity contribution is -0.174. The van der Waals surface area contributed by atoms with Gasteiger partial charge in [-0.3, -0.25) is 67.1 Å². The van der Waals surface area contributed by atoms with Gasteiger partial charge in [0.1, 0.15) is 91.2 Å². The smallest absolute Gasteiger partial charge is 0.459 e. The average Bonchev–Trinajstić information content (AvgIpc) is 0.849. The lowest BCUT2D eigenvalue weighted by Crippen LogP contribution is -2.61. The van der Waals surface area contributed by atoms with Crippen LogP contribution >= 0.6 is 0 Å². The molecule has 0 saturated carbocycles. The van der Waals surface area contributed by atoms with E-state index in [0.29, 0.717) is 0 Å². The fraction of sp³-hybridized carbons (Fsp3) is 0.774. The summed E-state index contributed by atoms with van der Waals surface area (Å²) in [6, 6.07) is -8.88. The van der Waals surface area contributed by atoms with Crippen LogP contribution in [-0.2, 0) is 83.3 Å². The van der Waals surface area contributed by atoms with E-state index in [0.717, 1.165) is 5.56 Å². The highest BCUT2D eigenvalue weighted by molar-refractivity contribution is 6.00. The summed E-state index contributed by atoms with van der Waals surface area (Å²) in [6.45, 7) is 50.8. The van der Waals surface area contributed by atoms with E-state index in [-0.39, 0.29) is 179 Å². The van der Waals surface area contributed by atoms with E-state index >= 15 is 0 Å². The number of halogens is 3. The minimum atomic E-state index is -5.30. The van der Waals surface area contributed by atoms with Gasteiger partial charge in [0.25, 0.3) is 0 Å². The molecule has 720 valence electrons. The van der Waals surface area contributed by atoms with Crippen LogP contribution in [0.5, 0.6) is 0 Å². The van der Waals surface area contributed by atoms with Gasteiger partial charge in [-0.05, 0) is 178 Å². The van der Waals surface area contributed by atoms with Crippen LogP contribution < -0.4 is 74.4 Å². The number of hydrogen-bond donors (Lipinski definition) is 14. The minimum absolute atomic E-state index is 0.00974. The summed E-state index contributed by atoms with van der Waals surface area (Å²) in [5.74, 6) is -15.8. The zero-order valence-electron chi connectivity index (χ0n) is 80.8. The Labute approximate surface area is 749 Å². The topological polar surface area (TPSA) is 434 Å². The molecule has 0 radical (unpaired) electrons. The van der Waals surface area contributed by atoms with Crippen LogP contribution in [-0.4, -0.2) is 179 Å². The molecule has 30 nitrogen and oxygen atoms in total. The molecule has 0 aliphatic heterocycles. The SMILES string of the molecule is CC(C)C[C@H](NC(=O)[C@H](CC(C)C)NC(=O)[C@H](CC(C)C)NC(=O)[C@H](CC(C)C)NC(=O)[C@H](CC(C)C)NC(=O)[C@H](CC(C)C)NC(=O)[C@H](CC(C)C)NC(=O)C(F)(F)F)C(=O)N[C@@H](CC(C)C)C(=O)N[C@@H](CC(C)C)C(=O)N[C@@H](CC(C)C)C(=O)N[C@@H](CC(C)C)C(=O)N[C@@H](CC(C)C)C(=O)N[C@@H](CC(C)C)C(=O)N[C@@H](CC(C)C)C(=O)OCc1ccccc1. The molecule has 0 saturated heterocycles. The van der Waals surface area contributed by atoms with Crippen molar-refractivity contribution in [2.45, 2.75) is 381 Å². The van der Waals surface area contributed by atoms with E-state index in [2.05, 4.69) is 69.1 Å². The number of benzene rings is 1. The lowest BCUT2D eigenvalue weighted by Gasteiger charge is -2.30. The van der Waals surface area contributed by atoms with E-state index in [1.54, 1.807) is 60.7 Å². The number of esters is 1. The van der Waals surface area contributed by atoms with Crippen LogP contribution in [0.1, 0.15) is 289 Å². The Balaban J connectivity index is 3.69. The van der Waals surface area contributed by atoms with Crippen molar-refractivity contribution in [1.29, 1.82) is 0 Å². The molecular weight excluding hydrogens is 1630 g/mol. The molecule has 0 bridgehead atoms. The standard InChI is InChI=1S/C93H161F3N14O16/c1-49(2)34-64(98-80(113)66(36-51(5)6)100-82(115)68(38-53(9)10)102-84(117)70(40-55(13)14)104-86(119)72(42-57(17)18)106-88(121)74(44-59(21)22)108-90(123)76(46-61(25)26)110-92(125)93(94,95)96)78(111)97-65(35-50(3)4)79(112)99-67(37-52(7)8)81(114)101-69(39-54(11)12)83(116)103-71(41-56(15)16)85(118)105-73(43-58(19)20)87(120)107-75(45-60(23)24)89(122)109-77(47-62(27)28)91(124)126-48-63-32-30-29-31-33-63/h29-33,49-62,64-77H,34-48H2,1-28H3,(H,97,111)(H,98,113)(H,99,112)(H,100,115)(H,101,114)(H,102,117)(H,103,116)(H,104,119)(H,105,118)(H,106,121)(H,107,120)(H,108,123)(H,109,122)(H,110,125)/t64-,65-,66-,67-,68-,69-,70-,71-,72-,73-,74-,75-,76-,77-/m0/s1. The summed E-state index contributed by atoms with van der Waals surface area (Å²) < 4.78 is 45.9. The average molecular weight is 1790 g/mol. The van der Waals surface area contributed by atoms with E-state index in [1.807, 2.05) is 169 Å². The number of nitrogens with one attached hydrogen (secondary N) is 14. The first-order valence-corrected chi connectivity index (χ1v) is 45.8. The number of rotatable bonds is 58. The molecule has 1 rings (SSSR count). The van der Waals surface area contributed by atoms with Gasteiger partial charge in [0, 0.05) is 0 Å². The molecule has 126 heavy (non-hydrogen) atoms. The molecule has 0 aliphatic rings. The second-order valence-corrected chi connectivity index (χ2v) is 40.2. The Morgan fingerprint density at radius 3 is 0.476 bits per heavy atom. The molecule has 33 heteroatoms. The summed E-state index contributed by atoms with van der Waals surface area (Å²) in [4.78, 5) is 215. The van der Waals surface area contributed by atoms with Gasteiger partial charge in [0.2, 0.25) is 76.8 Å². The molecule has 14 atom stereocenters. The van der Waals surface area contributed by atoms with Gasteiger partial charge >= 0.3 is 18.1 Å². The summed E-state index contributed by atoms with van der Waals surface area (Å²) in [5.41, 5.74) is 0.762. The first-order chi connectivity index (χ1) is 58.3. The van der Waals surface area contributed by atoms with E-state index < -0.39 is 179 Å². The second-order valence-electron chi connectivity index (χ2n) is 40.2. The lowest BCUT2D eigenvalue weighted by atomic mass is 9.97. The maximum absolute atomic E-state index is 14.9. The van der Waals surface area contributed by atoms with Crippen molar-refractivity contribution < 1.29 is 89.8 Å². The van der Waals surface area contributed by atoms with Gasteiger partial charge in [-0.25, -0.2) is 4.79 Å². The van der Waals surface area contributed by atoms with Crippen LogP contribution in [0.3, 0.4) is 0 Å². The molecule has 0 spiro atoms. The molecule has 14 N–H and O–H groups in total. The molecule has 0 fully saturated rings. The predicted octanol–water partition coefficient (Wildman–Crippen LogP) is 9.72. The quantitative estimate of drug-likeness (QED) is 0.0270. The third-order valence-corrected chi connectivity index (χ3v) is 20.2. The number of amides is 14. The van der Waals surface area contributed by atoms with E-state index in [9.17, 15) is 85.1 Å². The number of alkyl halides is 3.